The molecule has 1 aliphatic rings. The Hall–Kier alpha value is -1.64. The number of rotatable bonds is 5. The molecule has 2 nitrogen and oxygen atoms in total. The Morgan fingerprint density at radius 2 is 1.73 bits per heavy atom. The summed E-state index contributed by atoms with van der Waals surface area (Å²) in [6.45, 7) is 5.33. The van der Waals surface area contributed by atoms with Gasteiger partial charge in [-0.1, -0.05) is 37.3 Å². The molecule has 0 atom stereocenters. The summed E-state index contributed by atoms with van der Waals surface area (Å²) >= 11 is 0. The number of hydrogen-bond acceptors (Lipinski definition) is 2. The fourth-order valence-corrected chi connectivity index (χ4v) is 3.37. The van der Waals surface area contributed by atoms with E-state index in [0.29, 0.717) is 0 Å². The van der Waals surface area contributed by atoms with Gasteiger partial charge in [0.2, 0.25) is 0 Å². The van der Waals surface area contributed by atoms with Crippen LogP contribution in [0.3, 0.4) is 0 Å². The summed E-state index contributed by atoms with van der Waals surface area (Å²) in [4.78, 5) is 4.63. The molecule has 0 saturated heterocycles. The largest absolute Gasteiger partial charge is 0.305 e. The fourth-order valence-electron chi connectivity index (χ4n) is 3.37. The molecule has 2 aromatic carbocycles. The first-order valence-corrected chi connectivity index (χ1v) is 8.14. The van der Waals surface area contributed by atoms with Gasteiger partial charge in [-0.05, 0) is 73.6 Å². The fraction of sp³-hybridized carbons (Fsp3) is 0.400. The van der Waals surface area contributed by atoms with E-state index in [-0.39, 0.29) is 0 Å². The highest BCUT2D eigenvalue weighted by molar-refractivity contribution is 5.78. The number of hydrogen-bond donors (Lipinski definition) is 0. The van der Waals surface area contributed by atoms with E-state index in [2.05, 4.69) is 74.3 Å². The van der Waals surface area contributed by atoms with Gasteiger partial charge in [-0.15, -0.1) is 0 Å². The van der Waals surface area contributed by atoms with E-state index < -0.39 is 0 Å². The lowest BCUT2D eigenvalue weighted by Crippen LogP contribution is -2.18. The van der Waals surface area contributed by atoms with E-state index in [1.54, 1.807) is 0 Å². The van der Waals surface area contributed by atoms with Crippen LogP contribution in [0.5, 0.6) is 0 Å². The van der Waals surface area contributed by atoms with Gasteiger partial charge in [0.25, 0.3) is 0 Å². The average Bonchev–Trinajstić information content (AvgIpc) is 2.86. The molecule has 0 bridgehead atoms. The zero-order valence-corrected chi connectivity index (χ0v) is 14.2. The highest BCUT2D eigenvalue weighted by atomic mass is 15.1. The Labute approximate surface area is 134 Å². The second-order valence-electron chi connectivity index (χ2n) is 6.68. The second kappa shape index (κ2) is 6.23. The van der Waals surface area contributed by atoms with E-state index in [9.17, 15) is 0 Å². The molecule has 0 aliphatic heterocycles. The zero-order chi connectivity index (χ0) is 15.7. The van der Waals surface area contributed by atoms with Crippen molar-refractivity contribution in [2.24, 2.45) is 0 Å². The van der Waals surface area contributed by atoms with Gasteiger partial charge in [0.1, 0.15) is 0 Å². The van der Waals surface area contributed by atoms with Crippen molar-refractivity contribution in [1.29, 1.82) is 0 Å². The first kappa shape index (κ1) is 15.3. The summed E-state index contributed by atoms with van der Waals surface area (Å²) in [5.74, 6) is 0. The van der Waals surface area contributed by atoms with Crippen LogP contribution < -0.4 is 0 Å². The van der Waals surface area contributed by atoms with Crippen molar-refractivity contribution < 1.29 is 0 Å². The number of fused-ring (bicyclic) bond motifs is 3. The van der Waals surface area contributed by atoms with Gasteiger partial charge < -0.3 is 9.80 Å². The highest BCUT2D eigenvalue weighted by Crippen LogP contribution is 2.39. The van der Waals surface area contributed by atoms with Gasteiger partial charge in [-0.25, -0.2) is 0 Å². The monoisotopic (exact) mass is 294 g/mol. The molecule has 0 unspecified atom stereocenters. The lowest BCUT2D eigenvalue weighted by atomic mass is 9.97. The Balaban J connectivity index is 2.06. The van der Waals surface area contributed by atoms with Crippen LogP contribution in [0.2, 0.25) is 0 Å². The van der Waals surface area contributed by atoms with Gasteiger partial charge >= 0.3 is 0 Å². The van der Waals surface area contributed by atoms with Crippen LogP contribution in [0.1, 0.15) is 29.2 Å². The maximum Gasteiger partial charge on any atom is 0.0230 e. The quantitative estimate of drug-likeness (QED) is 0.707. The number of nitrogens with zero attached hydrogens (tertiary/aromatic N) is 2. The van der Waals surface area contributed by atoms with Crippen molar-refractivity contribution in [3.8, 4) is 11.1 Å². The third-order valence-electron chi connectivity index (χ3n) is 4.56. The lowest BCUT2D eigenvalue weighted by Gasteiger charge is -2.19. The average molecular weight is 294 g/mol. The van der Waals surface area contributed by atoms with E-state index in [1.807, 2.05) is 0 Å². The molecule has 2 heteroatoms. The van der Waals surface area contributed by atoms with E-state index in [0.717, 1.165) is 26.1 Å². The summed E-state index contributed by atoms with van der Waals surface area (Å²) < 4.78 is 0. The van der Waals surface area contributed by atoms with Gasteiger partial charge in [-0.3, -0.25) is 0 Å². The van der Waals surface area contributed by atoms with Crippen LogP contribution >= 0.6 is 0 Å². The van der Waals surface area contributed by atoms with Crippen molar-refractivity contribution in [1.82, 2.24) is 9.80 Å². The minimum absolute atomic E-state index is 1.01. The first-order chi connectivity index (χ1) is 10.6. The van der Waals surface area contributed by atoms with Crippen molar-refractivity contribution in [2.75, 3.05) is 27.7 Å². The van der Waals surface area contributed by atoms with Crippen LogP contribution in [0.15, 0.2) is 36.4 Å². The molecule has 116 valence electrons. The van der Waals surface area contributed by atoms with Gasteiger partial charge in [0.15, 0.2) is 0 Å². The first-order valence-electron chi connectivity index (χ1n) is 8.14. The summed E-state index contributed by atoms with van der Waals surface area (Å²) in [7, 11) is 6.49. The molecule has 22 heavy (non-hydrogen) atoms. The van der Waals surface area contributed by atoms with Gasteiger partial charge in [0.05, 0.1) is 0 Å². The third-order valence-corrected chi connectivity index (χ3v) is 4.56. The molecule has 0 spiro atoms. The predicted molar refractivity (Wildman–Crippen MR) is 94.1 cm³/mol. The Bertz CT molecular complexity index is 673. The Morgan fingerprint density at radius 1 is 0.955 bits per heavy atom. The zero-order valence-electron chi connectivity index (χ0n) is 14.2. The summed E-state index contributed by atoms with van der Waals surface area (Å²) in [5, 5.41) is 0. The normalized spacial score (nSPS) is 12.8. The molecular formula is C20H26N2. The van der Waals surface area contributed by atoms with Crippen LogP contribution in [0, 0.1) is 0 Å². The van der Waals surface area contributed by atoms with Crippen molar-refractivity contribution in [3.63, 3.8) is 0 Å². The third kappa shape index (κ3) is 2.94. The molecule has 2 aromatic rings. The second-order valence-corrected chi connectivity index (χ2v) is 6.68. The smallest absolute Gasteiger partial charge is 0.0230 e. The number of benzene rings is 2. The standard InChI is InChI=1S/C20H26N2/c1-5-22(4)13-15-10-17(14-21(2)3)19-12-16-8-6-7-9-18(16)20(19)11-15/h6-11H,5,12-14H2,1-4H3. The van der Waals surface area contributed by atoms with E-state index in [1.165, 1.54) is 33.4 Å². The topological polar surface area (TPSA) is 6.48 Å². The SMILES string of the molecule is CCN(C)Cc1cc(CN(C)C)c2c(c1)-c1ccccc1C2. The maximum absolute atomic E-state index is 2.41. The molecule has 0 fully saturated rings. The summed E-state index contributed by atoms with van der Waals surface area (Å²) in [6, 6.07) is 13.7. The van der Waals surface area contributed by atoms with Crippen LogP contribution in [-0.4, -0.2) is 37.5 Å². The van der Waals surface area contributed by atoms with E-state index in [4.69, 9.17) is 0 Å². The summed E-state index contributed by atoms with van der Waals surface area (Å²) in [6.07, 6.45) is 1.08. The Kier molecular flexibility index (Phi) is 4.32. The molecule has 0 saturated carbocycles. The molecular weight excluding hydrogens is 268 g/mol. The minimum atomic E-state index is 1.01. The summed E-state index contributed by atoms with van der Waals surface area (Å²) in [5.41, 5.74) is 8.79. The lowest BCUT2D eigenvalue weighted by molar-refractivity contribution is 0.345. The van der Waals surface area contributed by atoms with Crippen molar-refractivity contribution in [2.45, 2.75) is 26.4 Å². The van der Waals surface area contributed by atoms with Crippen LogP contribution in [0.25, 0.3) is 11.1 Å². The maximum atomic E-state index is 2.41. The molecule has 0 heterocycles. The van der Waals surface area contributed by atoms with E-state index >= 15 is 0 Å². The van der Waals surface area contributed by atoms with Gasteiger partial charge in [0, 0.05) is 13.1 Å². The van der Waals surface area contributed by atoms with Gasteiger partial charge in [-0.2, -0.15) is 0 Å². The predicted octanol–water partition coefficient (Wildman–Crippen LogP) is 3.77. The minimum Gasteiger partial charge on any atom is -0.305 e. The van der Waals surface area contributed by atoms with Crippen LogP contribution in [0.4, 0.5) is 0 Å². The molecule has 1 aliphatic carbocycles. The molecule has 0 radical (unpaired) electrons. The highest BCUT2D eigenvalue weighted by Gasteiger charge is 2.22. The molecule has 3 rings (SSSR count). The molecule has 0 amide bonds. The van der Waals surface area contributed by atoms with Crippen molar-refractivity contribution in [3.05, 3.63) is 58.7 Å². The van der Waals surface area contributed by atoms with Crippen molar-refractivity contribution >= 4 is 0 Å². The van der Waals surface area contributed by atoms with Crippen LogP contribution in [-0.2, 0) is 19.5 Å². The molecule has 0 aromatic heterocycles. The Morgan fingerprint density at radius 3 is 2.45 bits per heavy atom. The molecule has 0 N–H and O–H groups in total.